The molecular weight excluding hydrogens is 318 g/mol. The number of nitrogens with zero attached hydrogens (tertiary/aromatic N) is 3. The first-order valence-electron chi connectivity index (χ1n) is 9.36. The lowest BCUT2D eigenvalue weighted by Crippen LogP contribution is -2.47. The van der Waals surface area contributed by atoms with Gasteiger partial charge in [0.25, 0.3) is 0 Å². The van der Waals surface area contributed by atoms with Crippen LogP contribution in [0.15, 0.2) is 16.5 Å². The Morgan fingerprint density at radius 1 is 1.16 bits per heavy atom. The molecule has 0 radical (unpaired) electrons. The molecule has 25 heavy (non-hydrogen) atoms. The summed E-state index contributed by atoms with van der Waals surface area (Å²) in [7, 11) is 3.53. The molecule has 2 saturated heterocycles. The second-order valence-corrected chi connectivity index (χ2v) is 7.29. The summed E-state index contributed by atoms with van der Waals surface area (Å²) < 4.78 is 5.91. The molecule has 0 saturated carbocycles. The van der Waals surface area contributed by atoms with Crippen LogP contribution in [0.25, 0.3) is 0 Å². The highest BCUT2D eigenvalue weighted by atomic mass is 16.3. The van der Waals surface area contributed by atoms with Crippen molar-refractivity contribution in [2.24, 2.45) is 5.92 Å². The summed E-state index contributed by atoms with van der Waals surface area (Å²) in [5, 5.41) is 0. The smallest absolute Gasteiger partial charge is 0.319 e. The zero-order chi connectivity index (χ0) is 18.0. The van der Waals surface area contributed by atoms with Gasteiger partial charge in [-0.15, -0.1) is 0 Å². The molecule has 138 valence electrons. The van der Waals surface area contributed by atoms with Crippen LogP contribution in [0, 0.1) is 5.92 Å². The van der Waals surface area contributed by atoms with Crippen molar-refractivity contribution < 1.29 is 14.0 Å². The van der Waals surface area contributed by atoms with Crippen molar-refractivity contribution >= 4 is 11.9 Å². The number of hydrogen-bond donors (Lipinski definition) is 0. The minimum atomic E-state index is 0.0208. The van der Waals surface area contributed by atoms with Gasteiger partial charge in [-0.25, -0.2) is 4.79 Å². The fourth-order valence-electron chi connectivity index (χ4n) is 3.92. The average molecular weight is 347 g/mol. The number of hydrogen-bond acceptors (Lipinski definition) is 3. The largest absolute Gasteiger partial charge is 0.464 e. The van der Waals surface area contributed by atoms with Crippen LogP contribution >= 0.6 is 0 Å². The first kappa shape index (κ1) is 17.8. The zero-order valence-electron chi connectivity index (χ0n) is 15.5. The molecule has 3 heterocycles. The molecule has 1 unspecified atom stereocenters. The van der Waals surface area contributed by atoms with Gasteiger partial charge in [0.15, 0.2) is 0 Å². The molecule has 2 aliphatic heterocycles. The number of aryl methyl sites for hydroxylation is 1. The van der Waals surface area contributed by atoms with Crippen LogP contribution in [0.5, 0.6) is 0 Å². The molecule has 1 aromatic heterocycles. The summed E-state index contributed by atoms with van der Waals surface area (Å²) in [5.74, 6) is 2.15. The van der Waals surface area contributed by atoms with E-state index in [9.17, 15) is 9.59 Å². The van der Waals surface area contributed by atoms with Crippen LogP contribution < -0.4 is 0 Å². The first-order valence-corrected chi connectivity index (χ1v) is 9.36. The van der Waals surface area contributed by atoms with Gasteiger partial charge in [-0.05, 0) is 37.8 Å². The van der Waals surface area contributed by atoms with Crippen molar-refractivity contribution in [3.05, 3.63) is 23.7 Å². The third kappa shape index (κ3) is 3.67. The average Bonchev–Trinajstić information content (AvgIpc) is 3.29. The maximum Gasteiger partial charge on any atom is 0.319 e. The Balaban J connectivity index is 1.62. The Bertz CT molecular complexity index is 617. The van der Waals surface area contributed by atoms with Crippen LogP contribution in [0.2, 0.25) is 0 Å². The molecule has 6 heteroatoms. The predicted octanol–water partition coefficient (Wildman–Crippen LogP) is 2.90. The van der Waals surface area contributed by atoms with Gasteiger partial charge in [0.1, 0.15) is 11.5 Å². The molecule has 0 bridgehead atoms. The Morgan fingerprint density at radius 3 is 2.48 bits per heavy atom. The summed E-state index contributed by atoms with van der Waals surface area (Å²) in [4.78, 5) is 30.5. The SMILES string of the molecule is CCc1ccc(C2CCCN2C(=O)C2CCN(C(=O)N(C)C)CC2)o1. The van der Waals surface area contributed by atoms with Crippen LogP contribution in [0.4, 0.5) is 4.79 Å². The summed E-state index contributed by atoms with van der Waals surface area (Å²) in [6, 6.07) is 4.15. The topological polar surface area (TPSA) is 57.0 Å². The fourth-order valence-corrected chi connectivity index (χ4v) is 3.92. The normalized spacial score (nSPS) is 21.6. The summed E-state index contributed by atoms with van der Waals surface area (Å²) in [6.45, 7) is 4.20. The van der Waals surface area contributed by atoms with E-state index in [4.69, 9.17) is 4.42 Å². The van der Waals surface area contributed by atoms with Gasteiger partial charge in [-0.1, -0.05) is 6.92 Å². The molecule has 3 amide bonds. The lowest BCUT2D eigenvalue weighted by atomic mass is 9.95. The first-order chi connectivity index (χ1) is 12.0. The molecular formula is C19H29N3O3. The second kappa shape index (κ2) is 7.50. The van der Waals surface area contributed by atoms with Crippen molar-refractivity contribution in [3.63, 3.8) is 0 Å². The Morgan fingerprint density at radius 2 is 1.88 bits per heavy atom. The molecule has 0 spiro atoms. The van der Waals surface area contributed by atoms with Gasteiger partial charge in [-0.3, -0.25) is 4.79 Å². The number of furan rings is 1. The van der Waals surface area contributed by atoms with E-state index in [-0.39, 0.29) is 23.9 Å². The van der Waals surface area contributed by atoms with Gasteiger partial charge in [0, 0.05) is 46.1 Å². The minimum absolute atomic E-state index is 0.0208. The maximum atomic E-state index is 13.0. The predicted molar refractivity (Wildman–Crippen MR) is 95.2 cm³/mol. The number of piperidine rings is 1. The third-order valence-corrected chi connectivity index (χ3v) is 5.39. The van der Waals surface area contributed by atoms with Gasteiger partial charge in [-0.2, -0.15) is 0 Å². The Hall–Kier alpha value is -1.98. The molecule has 2 aliphatic rings. The molecule has 0 N–H and O–H groups in total. The molecule has 2 fully saturated rings. The highest BCUT2D eigenvalue weighted by Crippen LogP contribution is 2.35. The third-order valence-electron chi connectivity index (χ3n) is 5.39. The van der Waals surface area contributed by atoms with E-state index in [1.165, 1.54) is 0 Å². The van der Waals surface area contributed by atoms with Crippen molar-refractivity contribution in [1.29, 1.82) is 0 Å². The Labute approximate surface area is 149 Å². The standard InChI is InChI=1S/C19H29N3O3/c1-4-15-7-8-17(25-15)16-6-5-11-22(16)18(23)14-9-12-21(13-10-14)19(24)20(2)3/h7-8,14,16H,4-6,9-13H2,1-3H3. The van der Waals surface area contributed by atoms with Gasteiger partial charge in [0.05, 0.1) is 6.04 Å². The molecule has 1 atom stereocenters. The molecule has 3 rings (SSSR count). The summed E-state index contributed by atoms with van der Waals surface area (Å²) in [6.07, 6.45) is 4.37. The van der Waals surface area contributed by atoms with E-state index in [2.05, 4.69) is 6.92 Å². The van der Waals surface area contributed by atoms with Crippen LogP contribution in [0.3, 0.4) is 0 Å². The molecule has 1 aromatic rings. The van der Waals surface area contributed by atoms with Gasteiger partial charge >= 0.3 is 6.03 Å². The van der Waals surface area contributed by atoms with E-state index >= 15 is 0 Å². The molecule has 0 aromatic carbocycles. The van der Waals surface area contributed by atoms with Gasteiger partial charge < -0.3 is 19.1 Å². The highest BCUT2D eigenvalue weighted by Gasteiger charge is 2.37. The monoisotopic (exact) mass is 347 g/mol. The second-order valence-electron chi connectivity index (χ2n) is 7.29. The number of urea groups is 1. The van der Waals surface area contributed by atoms with Crippen LogP contribution in [0.1, 0.15) is 50.2 Å². The lowest BCUT2D eigenvalue weighted by Gasteiger charge is -2.35. The zero-order valence-corrected chi connectivity index (χ0v) is 15.5. The maximum absolute atomic E-state index is 13.0. The van der Waals surface area contributed by atoms with E-state index < -0.39 is 0 Å². The molecule has 6 nitrogen and oxygen atoms in total. The van der Waals surface area contributed by atoms with Crippen molar-refractivity contribution in [1.82, 2.24) is 14.7 Å². The van der Waals surface area contributed by atoms with Crippen molar-refractivity contribution in [2.45, 2.75) is 45.1 Å². The number of amides is 3. The lowest BCUT2D eigenvalue weighted by molar-refractivity contribution is -0.138. The number of rotatable bonds is 3. The number of carbonyl (C=O) groups excluding carboxylic acids is 2. The van der Waals surface area contributed by atoms with Crippen LogP contribution in [-0.2, 0) is 11.2 Å². The van der Waals surface area contributed by atoms with E-state index in [1.54, 1.807) is 19.0 Å². The number of carbonyl (C=O) groups is 2. The molecule has 0 aliphatic carbocycles. The minimum Gasteiger partial charge on any atom is -0.464 e. The van der Waals surface area contributed by atoms with Crippen molar-refractivity contribution in [3.8, 4) is 0 Å². The number of likely N-dealkylation sites (tertiary alicyclic amines) is 2. The van der Waals surface area contributed by atoms with E-state index in [0.29, 0.717) is 13.1 Å². The van der Waals surface area contributed by atoms with Gasteiger partial charge in [0.2, 0.25) is 5.91 Å². The summed E-state index contributed by atoms with van der Waals surface area (Å²) in [5.41, 5.74) is 0. The van der Waals surface area contributed by atoms with Crippen LogP contribution in [-0.4, -0.2) is 60.4 Å². The quantitative estimate of drug-likeness (QED) is 0.845. The van der Waals surface area contributed by atoms with E-state index in [0.717, 1.165) is 50.2 Å². The summed E-state index contributed by atoms with van der Waals surface area (Å²) >= 11 is 0. The fraction of sp³-hybridized carbons (Fsp3) is 0.684. The van der Waals surface area contributed by atoms with Crippen molar-refractivity contribution in [2.75, 3.05) is 33.7 Å². The Kier molecular flexibility index (Phi) is 5.35. The van der Waals surface area contributed by atoms with E-state index in [1.807, 2.05) is 21.9 Å². The highest BCUT2D eigenvalue weighted by molar-refractivity contribution is 5.80.